The quantitative estimate of drug-likeness (QED) is 0.408. The first-order valence-electron chi connectivity index (χ1n) is 8.14. The molecule has 0 saturated carbocycles. The summed E-state index contributed by atoms with van der Waals surface area (Å²) in [6.07, 6.45) is 1.72. The second kappa shape index (κ2) is 10.3. The lowest BCUT2D eigenvalue weighted by Gasteiger charge is -2.13. The van der Waals surface area contributed by atoms with E-state index in [2.05, 4.69) is 65.8 Å². The van der Waals surface area contributed by atoms with Crippen LogP contribution in [0.25, 0.3) is 0 Å². The fraction of sp³-hybridized carbons (Fsp3) is 0.444. The molecule has 0 aliphatic heterocycles. The number of guanidine groups is 1. The van der Waals surface area contributed by atoms with Crippen LogP contribution in [0.1, 0.15) is 42.0 Å². The lowest BCUT2D eigenvalue weighted by Crippen LogP contribution is -2.36. The monoisotopic (exact) mass is 442 g/mol. The molecule has 0 aliphatic carbocycles. The van der Waals surface area contributed by atoms with E-state index < -0.39 is 0 Å². The third-order valence-electron chi connectivity index (χ3n) is 3.97. The molecule has 24 heavy (non-hydrogen) atoms. The van der Waals surface area contributed by atoms with Crippen LogP contribution >= 0.6 is 24.0 Å². The summed E-state index contributed by atoms with van der Waals surface area (Å²) < 4.78 is 5.40. The first-order chi connectivity index (χ1) is 11.2. The molecule has 0 saturated heterocycles. The largest absolute Gasteiger partial charge is 0.361 e. The summed E-state index contributed by atoms with van der Waals surface area (Å²) in [6.45, 7) is 7.70. The van der Waals surface area contributed by atoms with Gasteiger partial charge in [-0.25, -0.2) is 0 Å². The molecule has 0 aliphatic rings. The number of aromatic nitrogens is 1. The van der Waals surface area contributed by atoms with Gasteiger partial charge in [0.05, 0.1) is 5.69 Å². The van der Waals surface area contributed by atoms with Gasteiger partial charge in [-0.2, -0.15) is 0 Å². The Bertz CT molecular complexity index is 645. The molecule has 5 nitrogen and oxygen atoms in total. The van der Waals surface area contributed by atoms with E-state index in [0.717, 1.165) is 42.4 Å². The van der Waals surface area contributed by atoms with Crippen molar-refractivity contribution in [3.05, 3.63) is 52.4 Å². The minimum atomic E-state index is 0. The average Bonchev–Trinajstić information content (AvgIpc) is 2.98. The summed E-state index contributed by atoms with van der Waals surface area (Å²) in [5, 5.41) is 10.8. The van der Waals surface area contributed by atoms with Crippen molar-refractivity contribution in [1.29, 1.82) is 0 Å². The molecule has 0 fully saturated rings. The number of benzene rings is 1. The molecule has 2 rings (SSSR count). The molecule has 0 unspecified atom stereocenters. The van der Waals surface area contributed by atoms with Gasteiger partial charge in [-0.15, -0.1) is 24.0 Å². The van der Waals surface area contributed by atoms with Gasteiger partial charge in [-0.1, -0.05) is 43.3 Å². The van der Waals surface area contributed by atoms with Crippen molar-refractivity contribution in [1.82, 2.24) is 15.8 Å². The third-order valence-corrected chi connectivity index (χ3v) is 3.97. The minimum Gasteiger partial charge on any atom is -0.361 e. The summed E-state index contributed by atoms with van der Waals surface area (Å²) in [5.41, 5.74) is 4.71. The van der Waals surface area contributed by atoms with E-state index in [1.807, 2.05) is 0 Å². The molecule has 0 amide bonds. The van der Waals surface area contributed by atoms with Gasteiger partial charge in [0.25, 0.3) is 0 Å². The van der Waals surface area contributed by atoms with Crippen molar-refractivity contribution in [2.24, 2.45) is 4.99 Å². The highest BCUT2D eigenvalue weighted by Crippen LogP contribution is 2.15. The maximum absolute atomic E-state index is 5.40. The lowest BCUT2D eigenvalue weighted by atomic mass is 10.1. The van der Waals surface area contributed by atoms with Crippen LogP contribution in [0.4, 0.5) is 0 Å². The molecule has 132 valence electrons. The molecule has 2 N–H and O–H groups in total. The van der Waals surface area contributed by atoms with Gasteiger partial charge in [0.2, 0.25) is 0 Å². The summed E-state index contributed by atoms with van der Waals surface area (Å²) in [4.78, 5) is 4.29. The highest BCUT2D eigenvalue weighted by molar-refractivity contribution is 14.0. The molecule has 0 spiro atoms. The Morgan fingerprint density at radius 3 is 2.46 bits per heavy atom. The van der Waals surface area contributed by atoms with Crippen LogP contribution < -0.4 is 10.6 Å². The van der Waals surface area contributed by atoms with E-state index in [9.17, 15) is 0 Å². The van der Waals surface area contributed by atoms with Gasteiger partial charge in [0.1, 0.15) is 5.76 Å². The fourth-order valence-corrected chi connectivity index (χ4v) is 2.52. The second-order valence-electron chi connectivity index (χ2n) is 5.44. The van der Waals surface area contributed by atoms with Crippen LogP contribution in [0.15, 0.2) is 33.8 Å². The Balaban J connectivity index is 0.00000288. The Morgan fingerprint density at radius 2 is 1.83 bits per heavy atom. The molecular formula is C18H27IN4O. The number of rotatable bonds is 6. The van der Waals surface area contributed by atoms with Gasteiger partial charge in [0.15, 0.2) is 5.96 Å². The molecule has 1 heterocycles. The highest BCUT2D eigenvalue weighted by Gasteiger charge is 2.13. The summed E-state index contributed by atoms with van der Waals surface area (Å²) in [6, 6.07) is 8.35. The van der Waals surface area contributed by atoms with Gasteiger partial charge in [0, 0.05) is 32.1 Å². The number of halogens is 1. The first kappa shape index (κ1) is 20.5. The Kier molecular flexibility index (Phi) is 8.81. The SMILES string of the molecule is CCc1noc(CC)c1CNC(=NC)NCc1ccccc1C.I. The number of hydrogen-bond donors (Lipinski definition) is 2. The van der Waals surface area contributed by atoms with Crippen LogP contribution in [-0.4, -0.2) is 18.2 Å². The molecule has 1 aromatic carbocycles. The molecule has 0 atom stereocenters. The average molecular weight is 442 g/mol. The zero-order valence-corrected chi connectivity index (χ0v) is 17.2. The van der Waals surface area contributed by atoms with Crippen molar-refractivity contribution < 1.29 is 4.52 Å². The first-order valence-corrected chi connectivity index (χ1v) is 8.14. The normalized spacial score (nSPS) is 11.1. The topological polar surface area (TPSA) is 62.5 Å². The van der Waals surface area contributed by atoms with Crippen molar-refractivity contribution >= 4 is 29.9 Å². The van der Waals surface area contributed by atoms with Crippen molar-refractivity contribution in [2.75, 3.05) is 7.05 Å². The van der Waals surface area contributed by atoms with Crippen LogP contribution in [0.3, 0.4) is 0 Å². The number of nitrogens with zero attached hydrogens (tertiary/aromatic N) is 2. The maximum atomic E-state index is 5.40. The number of nitrogens with one attached hydrogen (secondary N) is 2. The molecule has 1 aromatic heterocycles. The Morgan fingerprint density at radius 1 is 1.12 bits per heavy atom. The van der Waals surface area contributed by atoms with E-state index in [1.54, 1.807) is 7.05 Å². The molecular weight excluding hydrogens is 415 g/mol. The molecule has 0 bridgehead atoms. The van der Waals surface area contributed by atoms with Gasteiger partial charge < -0.3 is 15.2 Å². The molecule has 0 radical (unpaired) electrons. The van der Waals surface area contributed by atoms with E-state index in [-0.39, 0.29) is 24.0 Å². The van der Waals surface area contributed by atoms with Gasteiger partial charge in [-0.3, -0.25) is 4.99 Å². The summed E-state index contributed by atoms with van der Waals surface area (Å²) in [5.74, 6) is 1.72. The lowest BCUT2D eigenvalue weighted by molar-refractivity contribution is 0.380. The zero-order valence-electron chi connectivity index (χ0n) is 14.8. The van der Waals surface area contributed by atoms with Crippen molar-refractivity contribution in [2.45, 2.75) is 46.7 Å². The van der Waals surface area contributed by atoms with Crippen LogP contribution in [0.5, 0.6) is 0 Å². The minimum absolute atomic E-state index is 0. The maximum Gasteiger partial charge on any atom is 0.191 e. The van der Waals surface area contributed by atoms with E-state index in [4.69, 9.17) is 4.52 Å². The third kappa shape index (κ3) is 5.22. The van der Waals surface area contributed by atoms with E-state index in [0.29, 0.717) is 6.54 Å². The molecule has 2 aromatic rings. The van der Waals surface area contributed by atoms with Crippen molar-refractivity contribution in [3.8, 4) is 0 Å². The van der Waals surface area contributed by atoms with Crippen LogP contribution in [-0.2, 0) is 25.9 Å². The zero-order chi connectivity index (χ0) is 16.7. The number of hydrogen-bond acceptors (Lipinski definition) is 3. The highest BCUT2D eigenvalue weighted by atomic mass is 127. The standard InChI is InChI=1S/C18H26N4O.HI/c1-5-16-15(17(6-2)23-22-16)12-21-18(19-4)20-11-14-10-8-7-9-13(14)3;/h7-10H,5-6,11-12H2,1-4H3,(H2,19,20,21);1H. The van der Waals surface area contributed by atoms with Crippen molar-refractivity contribution in [3.63, 3.8) is 0 Å². The number of aryl methyl sites for hydroxylation is 3. The summed E-state index contributed by atoms with van der Waals surface area (Å²) in [7, 11) is 1.78. The Labute approximate surface area is 161 Å². The fourth-order valence-electron chi connectivity index (χ4n) is 2.52. The predicted molar refractivity (Wildman–Crippen MR) is 109 cm³/mol. The van der Waals surface area contributed by atoms with Crippen LogP contribution in [0, 0.1) is 6.92 Å². The predicted octanol–water partition coefficient (Wildman–Crippen LogP) is 3.59. The Hall–Kier alpha value is -1.57. The molecule has 6 heteroatoms. The van der Waals surface area contributed by atoms with Gasteiger partial charge in [-0.05, 0) is 24.5 Å². The smallest absolute Gasteiger partial charge is 0.191 e. The summed E-state index contributed by atoms with van der Waals surface area (Å²) >= 11 is 0. The van der Waals surface area contributed by atoms with Gasteiger partial charge >= 0.3 is 0 Å². The van der Waals surface area contributed by atoms with E-state index in [1.165, 1.54) is 11.1 Å². The van der Waals surface area contributed by atoms with Crippen LogP contribution in [0.2, 0.25) is 0 Å². The number of aliphatic imine (C=N–C) groups is 1. The van der Waals surface area contributed by atoms with E-state index >= 15 is 0 Å². The second-order valence-corrected chi connectivity index (χ2v) is 5.44.